The fraction of sp³-hybridized carbons (Fsp3) is 0.467. The summed E-state index contributed by atoms with van der Waals surface area (Å²) in [4.78, 5) is 0. The van der Waals surface area contributed by atoms with Crippen molar-refractivity contribution in [2.24, 2.45) is 0 Å². The monoisotopic (exact) mass is 297 g/mol. The first kappa shape index (κ1) is 13.2. The lowest BCUT2D eigenvalue weighted by Crippen LogP contribution is -2.19. The molecule has 114 valence electrons. The average Bonchev–Trinajstić information content (AvgIpc) is 3.09. The van der Waals surface area contributed by atoms with Crippen molar-refractivity contribution < 1.29 is 0 Å². The summed E-state index contributed by atoms with van der Waals surface area (Å²) >= 11 is 0. The molecule has 1 atom stereocenters. The van der Waals surface area contributed by atoms with Gasteiger partial charge in [0, 0.05) is 24.1 Å². The van der Waals surface area contributed by atoms with Crippen molar-refractivity contribution in [3.05, 3.63) is 35.5 Å². The molecule has 4 rings (SSSR count). The molecule has 0 aromatic carbocycles. The molecule has 3 aromatic rings. The van der Waals surface area contributed by atoms with Crippen LogP contribution >= 0.6 is 0 Å². The fourth-order valence-corrected chi connectivity index (χ4v) is 2.74. The molecule has 2 N–H and O–H groups in total. The second kappa shape index (κ2) is 5.08. The lowest BCUT2D eigenvalue weighted by atomic mass is 10.1. The normalized spacial score (nSPS) is 16.1. The van der Waals surface area contributed by atoms with Gasteiger partial charge in [0.1, 0.15) is 6.33 Å². The Morgan fingerprint density at radius 1 is 1.41 bits per heavy atom. The van der Waals surface area contributed by atoms with E-state index in [0.29, 0.717) is 5.92 Å². The minimum atomic E-state index is 0.248. The molecule has 7 nitrogen and oxygen atoms in total. The second-order valence-corrected chi connectivity index (χ2v) is 6.15. The van der Waals surface area contributed by atoms with Crippen LogP contribution in [0.5, 0.6) is 0 Å². The first-order valence-electron chi connectivity index (χ1n) is 7.67. The average molecular weight is 297 g/mol. The third-order valence-corrected chi connectivity index (χ3v) is 3.96. The standard InChI is InChI=1S/C15H19N7/c1-9(5-12-6-10(2)18-19-12)17-14-7-13(11-3-4-11)21-22-8-16-20-15(14)22/h6-9,11,17H,3-5H2,1-2H3,(H,18,19). The number of aryl methyl sites for hydroxylation is 1. The van der Waals surface area contributed by atoms with Crippen molar-refractivity contribution in [3.8, 4) is 0 Å². The van der Waals surface area contributed by atoms with Crippen LogP contribution in [-0.2, 0) is 6.42 Å². The van der Waals surface area contributed by atoms with Crippen LogP contribution < -0.4 is 5.32 Å². The van der Waals surface area contributed by atoms with Crippen molar-refractivity contribution in [2.75, 3.05) is 5.32 Å². The first-order chi connectivity index (χ1) is 10.7. The molecule has 3 heterocycles. The Morgan fingerprint density at radius 3 is 3.00 bits per heavy atom. The summed E-state index contributed by atoms with van der Waals surface area (Å²) < 4.78 is 1.77. The van der Waals surface area contributed by atoms with Crippen LogP contribution in [0.15, 0.2) is 18.5 Å². The van der Waals surface area contributed by atoms with E-state index in [0.717, 1.165) is 34.8 Å². The van der Waals surface area contributed by atoms with Gasteiger partial charge in [0.25, 0.3) is 0 Å². The Bertz CT molecular complexity index is 799. The molecule has 1 fully saturated rings. The minimum Gasteiger partial charge on any atom is -0.379 e. The third kappa shape index (κ3) is 2.54. The van der Waals surface area contributed by atoms with Crippen LogP contribution in [0, 0.1) is 6.92 Å². The number of nitrogens with zero attached hydrogens (tertiary/aromatic N) is 5. The summed E-state index contributed by atoms with van der Waals surface area (Å²) in [5, 5.41) is 23.5. The van der Waals surface area contributed by atoms with E-state index in [4.69, 9.17) is 0 Å². The minimum absolute atomic E-state index is 0.248. The molecule has 0 bridgehead atoms. The molecule has 0 amide bonds. The zero-order valence-electron chi connectivity index (χ0n) is 12.7. The number of H-pyrrole nitrogens is 1. The zero-order chi connectivity index (χ0) is 15.1. The van der Waals surface area contributed by atoms with Crippen molar-refractivity contribution in [1.82, 2.24) is 30.0 Å². The highest BCUT2D eigenvalue weighted by atomic mass is 15.3. The van der Waals surface area contributed by atoms with Gasteiger partial charge >= 0.3 is 0 Å². The Morgan fingerprint density at radius 2 is 2.27 bits per heavy atom. The summed E-state index contributed by atoms with van der Waals surface area (Å²) in [6.45, 7) is 4.16. The van der Waals surface area contributed by atoms with Crippen LogP contribution in [-0.4, -0.2) is 36.1 Å². The van der Waals surface area contributed by atoms with Gasteiger partial charge in [-0.3, -0.25) is 5.10 Å². The van der Waals surface area contributed by atoms with E-state index >= 15 is 0 Å². The van der Waals surface area contributed by atoms with E-state index in [1.165, 1.54) is 12.8 Å². The Balaban J connectivity index is 1.58. The molecule has 1 aliphatic rings. The predicted molar refractivity (Wildman–Crippen MR) is 82.9 cm³/mol. The number of anilines is 1. The van der Waals surface area contributed by atoms with Crippen LogP contribution in [0.2, 0.25) is 0 Å². The maximum Gasteiger partial charge on any atom is 0.200 e. The highest BCUT2D eigenvalue weighted by molar-refractivity contribution is 5.67. The maximum absolute atomic E-state index is 4.59. The van der Waals surface area contributed by atoms with Gasteiger partial charge in [-0.25, -0.2) is 0 Å². The number of aromatic nitrogens is 6. The van der Waals surface area contributed by atoms with Gasteiger partial charge in [-0.05, 0) is 38.8 Å². The SMILES string of the molecule is Cc1cc(CC(C)Nc2cc(C3CC3)nn3cnnc23)n[nH]1. The number of aromatic amines is 1. The van der Waals surface area contributed by atoms with E-state index < -0.39 is 0 Å². The Hall–Kier alpha value is -2.44. The summed E-state index contributed by atoms with van der Waals surface area (Å²) in [7, 11) is 0. The summed E-state index contributed by atoms with van der Waals surface area (Å²) in [6, 6.07) is 4.44. The van der Waals surface area contributed by atoms with Crippen LogP contribution in [0.1, 0.15) is 42.8 Å². The second-order valence-electron chi connectivity index (χ2n) is 6.15. The smallest absolute Gasteiger partial charge is 0.200 e. The van der Waals surface area contributed by atoms with E-state index in [-0.39, 0.29) is 6.04 Å². The number of fused-ring (bicyclic) bond motifs is 1. The molecule has 0 spiro atoms. The van der Waals surface area contributed by atoms with Gasteiger partial charge in [-0.15, -0.1) is 10.2 Å². The molecule has 0 aliphatic heterocycles. The van der Waals surface area contributed by atoms with Gasteiger partial charge in [0.2, 0.25) is 5.65 Å². The molecule has 1 saturated carbocycles. The molecule has 0 radical (unpaired) electrons. The Labute approximate surface area is 128 Å². The van der Waals surface area contributed by atoms with Crippen molar-refractivity contribution in [3.63, 3.8) is 0 Å². The molecule has 7 heteroatoms. The number of hydrogen-bond donors (Lipinski definition) is 2. The lowest BCUT2D eigenvalue weighted by Gasteiger charge is -2.15. The highest BCUT2D eigenvalue weighted by Gasteiger charge is 2.26. The maximum atomic E-state index is 4.59. The van der Waals surface area contributed by atoms with Gasteiger partial charge in [0.05, 0.1) is 17.1 Å². The zero-order valence-corrected chi connectivity index (χ0v) is 12.7. The van der Waals surface area contributed by atoms with Crippen LogP contribution in [0.25, 0.3) is 5.65 Å². The number of rotatable bonds is 5. The van der Waals surface area contributed by atoms with Gasteiger partial charge in [-0.2, -0.15) is 14.7 Å². The summed E-state index contributed by atoms with van der Waals surface area (Å²) in [6.07, 6.45) is 4.96. The summed E-state index contributed by atoms with van der Waals surface area (Å²) in [5.41, 5.74) is 5.04. The van der Waals surface area contributed by atoms with Crippen LogP contribution in [0.3, 0.4) is 0 Å². The fourth-order valence-electron chi connectivity index (χ4n) is 2.74. The molecule has 22 heavy (non-hydrogen) atoms. The largest absolute Gasteiger partial charge is 0.379 e. The van der Waals surface area contributed by atoms with Gasteiger partial charge in [0.15, 0.2) is 0 Å². The predicted octanol–water partition coefficient (Wildman–Crippen LogP) is 2.08. The Kier molecular flexibility index (Phi) is 3.06. The van der Waals surface area contributed by atoms with Gasteiger partial charge in [-0.1, -0.05) is 0 Å². The molecule has 3 aromatic heterocycles. The molecule has 1 unspecified atom stereocenters. The van der Waals surface area contributed by atoms with Crippen LogP contribution in [0.4, 0.5) is 5.69 Å². The number of nitrogens with one attached hydrogen (secondary N) is 2. The van der Waals surface area contributed by atoms with Crippen molar-refractivity contribution in [1.29, 1.82) is 0 Å². The first-order valence-corrected chi connectivity index (χ1v) is 7.67. The molecule has 0 saturated heterocycles. The third-order valence-electron chi connectivity index (χ3n) is 3.96. The van der Waals surface area contributed by atoms with E-state index in [9.17, 15) is 0 Å². The van der Waals surface area contributed by atoms with Crippen molar-refractivity contribution in [2.45, 2.75) is 45.1 Å². The quantitative estimate of drug-likeness (QED) is 0.753. The molecular formula is C15H19N7. The van der Waals surface area contributed by atoms with E-state index in [1.807, 2.05) is 6.92 Å². The molecular weight excluding hydrogens is 278 g/mol. The molecule has 1 aliphatic carbocycles. The van der Waals surface area contributed by atoms with E-state index in [2.05, 4.69) is 49.9 Å². The highest BCUT2D eigenvalue weighted by Crippen LogP contribution is 2.39. The van der Waals surface area contributed by atoms with Crippen molar-refractivity contribution >= 4 is 11.3 Å². The van der Waals surface area contributed by atoms with Gasteiger partial charge < -0.3 is 5.32 Å². The van der Waals surface area contributed by atoms with E-state index in [1.54, 1.807) is 10.8 Å². The lowest BCUT2D eigenvalue weighted by molar-refractivity contribution is 0.761. The number of hydrogen-bond acceptors (Lipinski definition) is 5. The topological polar surface area (TPSA) is 83.8 Å². The summed E-state index contributed by atoms with van der Waals surface area (Å²) in [5.74, 6) is 0.594.